The fourth-order valence-electron chi connectivity index (χ4n) is 2.72. The van der Waals surface area contributed by atoms with Crippen molar-refractivity contribution >= 4 is 34.3 Å². The maximum Gasteiger partial charge on any atom is 0.307 e. The molecule has 122 valence electrons. The third-order valence-electron chi connectivity index (χ3n) is 3.76. The molecule has 0 fully saturated rings. The van der Waals surface area contributed by atoms with Gasteiger partial charge in [-0.05, 0) is 18.2 Å². The molecule has 0 aliphatic rings. The molecule has 0 spiro atoms. The van der Waals surface area contributed by atoms with Crippen molar-refractivity contribution in [1.82, 2.24) is 4.98 Å². The molecule has 3 rings (SSSR count). The zero-order chi connectivity index (χ0) is 17.3. The number of aromatic nitrogens is 1. The Balaban J connectivity index is 2.22. The Morgan fingerprint density at radius 3 is 2.62 bits per heavy atom. The highest BCUT2D eigenvalue weighted by atomic mass is 35.5. The number of fused-ring (bicyclic) bond motifs is 1. The highest BCUT2D eigenvalue weighted by molar-refractivity contribution is 6.31. The summed E-state index contributed by atoms with van der Waals surface area (Å²) in [5.41, 5.74) is 1.65. The highest BCUT2D eigenvalue weighted by Crippen LogP contribution is 2.31. The first kappa shape index (κ1) is 16.1. The quantitative estimate of drug-likeness (QED) is 0.692. The summed E-state index contributed by atoms with van der Waals surface area (Å²) in [6, 6.07) is 11.8. The zero-order valence-corrected chi connectivity index (χ0v) is 13.6. The van der Waals surface area contributed by atoms with Gasteiger partial charge in [0.15, 0.2) is 0 Å². The summed E-state index contributed by atoms with van der Waals surface area (Å²) in [5, 5.41) is 10.3. The molecule has 1 heterocycles. The number of rotatable bonds is 5. The summed E-state index contributed by atoms with van der Waals surface area (Å²) in [6.45, 7) is 0. The molecule has 0 saturated carbocycles. The summed E-state index contributed by atoms with van der Waals surface area (Å²) < 4.78 is 5.29. The number of aliphatic carboxylic acids is 1. The van der Waals surface area contributed by atoms with Gasteiger partial charge in [-0.1, -0.05) is 35.9 Å². The number of halogens is 1. The van der Waals surface area contributed by atoms with E-state index in [9.17, 15) is 14.7 Å². The lowest BCUT2D eigenvalue weighted by molar-refractivity contribution is -0.136. The number of para-hydroxylation sites is 1. The number of carbonyl (C=O) groups excluding carboxylic acids is 1. The van der Waals surface area contributed by atoms with Gasteiger partial charge < -0.3 is 14.8 Å². The largest absolute Gasteiger partial charge is 0.495 e. The number of hydrogen-bond donors (Lipinski definition) is 2. The fraction of sp³-hybridized carbons (Fsp3) is 0.111. The molecule has 0 radical (unpaired) electrons. The third-order valence-corrected chi connectivity index (χ3v) is 4.00. The van der Waals surface area contributed by atoms with Gasteiger partial charge in [-0.2, -0.15) is 0 Å². The first-order chi connectivity index (χ1) is 11.5. The van der Waals surface area contributed by atoms with Crippen molar-refractivity contribution < 1.29 is 19.4 Å². The van der Waals surface area contributed by atoms with E-state index >= 15 is 0 Å². The first-order valence-electron chi connectivity index (χ1n) is 7.21. The Bertz CT molecular complexity index is 945. The minimum atomic E-state index is -1.01. The molecule has 0 saturated heterocycles. The molecule has 0 atom stereocenters. The second kappa shape index (κ2) is 6.37. The van der Waals surface area contributed by atoms with Crippen LogP contribution in [-0.4, -0.2) is 29.0 Å². The topological polar surface area (TPSA) is 79.4 Å². The highest BCUT2D eigenvalue weighted by Gasteiger charge is 2.22. The standard InChI is InChI=1S/C18H14ClNO4/c1-24-14-7-3-6-12-13(9-15(21)22)17(20-16(12)14)18(23)10-4-2-5-11(19)8-10/h2-8,20H,9H2,1H3,(H,21,22). The van der Waals surface area contributed by atoms with Crippen LogP contribution in [0, 0.1) is 0 Å². The van der Waals surface area contributed by atoms with Crippen LogP contribution in [0.15, 0.2) is 42.5 Å². The van der Waals surface area contributed by atoms with Crippen LogP contribution in [0.25, 0.3) is 10.9 Å². The van der Waals surface area contributed by atoms with Crippen molar-refractivity contribution in [3.8, 4) is 5.75 Å². The summed E-state index contributed by atoms with van der Waals surface area (Å²) in [6.07, 6.45) is -0.269. The average Bonchev–Trinajstić information content (AvgIpc) is 2.92. The Morgan fingerprint density at radius 1 is 1.21 bits per heavy atom. The van der Waals surface area contributed by atoms with E-state index in [1.807, 2.05) is 0 Å². The van der Waals surface area contributed by atoms with Crippen molar-refractivity contribution in [3.05, 3.63) is 64.3 Å². The number of carboxylic acids is 1. The van der Waals surface area contributed by atoms with Crippen LogP contribution in [0.4, 0.5) is 0 Å². The molecule has 2 N–H and O–H groups in total. The van der Waals surface area contributed by atoms with E-state index < -0.39 is 5.97 Å². The van der Waals surface area contributed by atoms with E-state index in [-0.39, 0.29) is 17.9 Å². The van der Waals surface area contributed by atoms with Crippen molar-refractivity contribution in [2.24, 2.45) is 0 Å². The van der Waals surface area contributed by atoms with Crippen molar-refractivity contribution in [1.29, 1.82) is 0 Å². The number of aromatic amines is 1. The van der Waals surface area contributed by atoms with Gasteiger partial charge in [0, 0.05) is 21.5 Å². The lowest BCUT2D eigenvalue weighted by Crippen LogP contribution is -2.08. The summed E-state index contributed by atoms with van der Waals surface area (Å²) in [5.74, 6) is -0.782. The van der Waals surface area contributed by atoms with Crippen LogP contribution in [0.2, 0.25) is 5.02 Å². The molecule has 3 aromatic rings. The van der Waals surface area contributed by atoms with E-state index in [0.29, 0.717) is 32.8 Å². The molecule has 2 aromatic carbocycles. The number of nitrogens with one attached hydrogen (secondary N) is 1. The lowest BCUT2D eigenvalue weighted by atomic mass is 10.0. The van der Waals surface area contributed by atoms with Crippen LogP contribution in [0.5, 0.6) is 5.75 Å². The SMILES string of the molecule is COc1cccc2c(CC(=O)O)c(C(=O)c3cccc(Cl)c3)[nH]c12. The van der Waals surface area contributed by atoms with Crippen LogP contribution in [-0.2, 0) is 11.2 Å². The van der Waals surface area contributed by atoms with Crippen molar-refractivity contribution in [2.75, 3.05) is 7.11 Å². The first-order valence-corrected chi connectivity index (χ1v) is 7.58. The molecule has 0 aliphatic carbocycles. The van der Waals surface area contributed by atoms with Gasteiger partial charge in [0.05, 0.1) is 24.7 Å². The second-order valence-corrected chi connectivity index (χ2v) is 5.71. The molecule has 0 bridgehead atoms. The fourth-order valence-corrected chi connectivity index (χ4v) is 2.91. The number of carboxylic acid groups (broad SMARTS) is 1. The molecule has 6 heteroatoms. The molecule has 5 nitrogen and oxygen atoms in total. The molecule has 1 aromatic heterocycles. The molecule has 0 amide bonds. The lowest BCUT2D eigenvalue weighted by Gasteiger charge is -2.03. The van der Waals surface area contributed by atoms with Crippen molar-refractivity contribution in [2.45, 2.75) is 6.42 Å². The third kappa shape index (κ3) is 2.86. The number of H-pyrrole nitrogens is 1. The number of ketones is 1. The normalized spacial score (nSPS) is 10.8. The monoisotopic (exact) mass is 343 g/mol. The Morgan fingerprint density at radius 2 is 1.96 bits per heavy atom. The predicted octanol–water partition coefficient (Wildman–Crippen LogP) is 3.69. The number of benzene rings is 2. The van der Waals surface area contributed by atoms with Crippen LogP contribution in [0.1, 0.15) is 21.6 Å². The van der Waals surface area contributed by atoms with Gasteiger partial charge in [0.25, 0.3) is 0 Å². The van der Waals surface area contributed by atoms with Gasteiger partial charge >= 0.3 is 5.97 Å². The maximum atomic E-state index is 12.8. The smallest absolute Gasteiger partial charge is 0.307 e. The number of ether oxygens (including phenoxy) is 1. The Labute approximate surface area is 142 Å². The van der Waals surface area contributed by atoms with Gasteiger partial charge in [-0.15, -0.1) is 0 Å². The van der Waals surface area contributed by atoms with E-state index in [1.165, 1.54) is 7.11 Å². The van der Waals surface area contributed by atoms with Crippen molar-refractivity contribution in [3.63, 3.8) is 0 Å². The summed E-state index contributed by atoms with van der Waals surface area (Å²) >= 11 is 5.95. The number of carbonyl (C=O) groups is 2. The van der Waals surface area contributed by atoms with Gasteiger partial charge in [-0.25, -0.2) is 0 Å². The molecule has 24 heavy (non-hydrogen) atoms. The summed E-state index contributed by atoms with van der Waals surface area (Å²) in [4.78, 5) is 27.1. The zero-order valence-electron chi connectivity index (χ0n) is 12.8. The van der Waals surface area contributed by atoms with Gasteiger partial charge in [0.1, 0.15) is 5.75 Å². The van der Waals surface area contributed by atoms with Crippen LogP contribution < -0.4 is 4.74 Å². The maximum absolute atomic E-state index is 12.8. The molecule has 0 unspecified atom stereocenters. The minimum Gasteiger partial charge on any atom is -0.495 e. The Hall–Kier alpha value is -2.79. The van der Waals surface area contributed by atoms with Gasteiger partial charge in [0.2, 0.25) is 5.78 Å². The number of methoxy groups -OCH3 is 1. The van der Waals surface area contributed by atoms with E-state index in [0.717, 1.165) is 0 Å². The van der Waals surface area contributed by atoms with E-state index in [2.05, 4.69) is 4.98 Å². The number of hydrogen-bond acceptors (Lipinski definition) is 3. The van der Waals surface area contributed by atoms with Crippen LogP contribution >= 0.6 is 11.6 Å². The minimum absolute atomic E-state index is 0.235. The average molecular weight is 344 g/mol. The van der Waals surface area contributed by atoms with Gasteiger partial charge in [-0.3, -0.25) is 9.59 Å². The molecule has 0 aliphatic heterocycles. The van der Waals surface area contributed by atoms with E-state index in [4.69, 9.17) is 16.3 Å². The van der Waals surface area contributed by atoms with E-state index in [1.54, 1.807) is 42.5 Å². The predicted molar refractivity (Wildman–Crippen MR) is 91.1 cm³/mol. The second-order valence-electron chi connectivity index (χ2n) is 5.27. The molecular formula is C18H14ClNO4. The van der Waals surface area contributed by atoms with Crippen LogP contribution in [0.3, 0.4) is 0 Å². The Kier molecular flexibility index (Phi) is 4.27. The molecular weight excluding hydrogens is 330 g/mol. The summed E-state index contributed by atoms with van der Waals surface area (Å²) in [7, 11) is 1.52.